The van der Waals surface area contributed by atoms with Crippen molar-refractivity contribution in [2.24, 2.45) is 0 Å². The number of ether oxygens (including phenoxy) is 12. The zero-order valence-electron chi connectivity index (χ0n) is 25.5. The first-order valence-corrected chi connectivity index (χ1v) is 14.2. The number of methoxy groups -OCH3 is 3. The Bertz CT molecular complexity index is 663. The highest BCUT2D eigenvalue weighted by molar-refractivity contribution is 5.54. The lowest BCUT2D eigenvalue weighted by atomic mass is 10.1. The monoisotopic (exact) mass is 592 g/mol. The molecular formula is C29H52O12. The highest BCUT2D eigenvalue weighted by Gasteiger charge is 2.16. The molecule has 0 aliphatic heterocycles. The van der Waals surface area contributed by atoms with Crippen molar-refractivity contribution in [2.45, 2.75) is 13.3 Å². The van der Waals surface area contributed by atoms with E-state index in [1.54, 1.807) is 21.3 Å². The first kappa shape index (κ1) is 37.3. The third kappa shape index (κ3) is 20.7. The largest absolute Gasteiger partial charge is 0.487 e. The second kappa shape index (κ2) is 28.4. The second-order valence-corrected chi connectivity index (χ2v) is 8.47. The van der Waals surface area contributed by atoms with Gasteiger partial charge in [0.25, 0.3) is 0 Å². The van der Waals surface area contributed by atoms with Gasteiger partial charge < -0.3 is 56.8 Å². The Labute approximate surface area is 245 Å². The highest BCUT2D eigenvalue weighted by Crippen LogP contribution is 2.39. The third-order valence-corrected chi connectivity index (χ3v) is 5.34. The highest BCUT2D eigenvalue weighted by atomic mass is 16.6. The van der Waals surface area contributed by atoms with Crippen molar-refractivity contribution < 1.29 is 56.8 Å². The van der Waals surface area contributed by atoms with Gasteiger partial charge in [-0.05, 0) is 24.1 Å². The minimum Gasteiger partial charge on any atom is -0.487 e. The molecule has 0 heterocycles. The molecule has 12 nitrogen and oxygen atoms in total. The normalized spacial score (nSPS) is 11.2. The second-order valence-electron chi connectivity index (χ2n) is 8.47. The van der Waals surface area contributed by atoms with E-state index in [0.29, 0.717) is 136 Å². The van der Waals surface area contributed by atoms with Crippen molar-refractivity contribution in [3.8, 4) is 17.2 Å². The van der Waals surface area contributed by atoms with Crippen molar-refractivity contribution in [2.75, 3.05) is 140 Å². The van der Waals surface area contributed by atoms with Gasteiger partial charge in [-0.25, -0.2) is 0 Å². The summed E-state index contributed by atoms with van der Waals surface area (Å²) >= 11 is 0. The van der Waals surface area contributed by atoms with Gasteiger partial charge in [0.1, 0.15) is 19.8 Å². The zero-order chi connectivity index (χ0) is 29.6. The smallest absolute Gasteiger partial charge is 0.203 e. The van der Waals surface area contributed by atoms with Crippen LogP contribution in [0.2, 0.25) is 0 Å². The molecule has 0 unspecified atom stereocenters. The summed E-state index contributed by atoms with van der Waals surface area (Å²) in [4.78, 5) is 0. The predicted molar refractivity (Wildman–Crippen MR) is 153 cm³/mol. The summed E-state index contributed by atoms with van der Waals surface area (Å²) in [6.07, 6.45) is 0.809. The molecule has 41 heavy (non-hydrogen) atoms. The van der Waals surface area contributed by atoms with Gasteiger partial charge in [0.15, 0.2) is 11.5 Å². The molecule has 0 fully saturated rings. The number of hydrogen-bond acceptors (Lipinski definition) is 12. The molecule has 0 radical (unpaired) electrons. The summed E-state index contributed by atoms with van der Waals surface area (Å²) in [5.41, 5.74) is 1.06. The molecule has 0 bridgehead atoms. The number of hydrogen-bond donors (Lipinski definition) is 0. The standard InChI is InChI=1S/C29H52O12/c1-5-26-24-27(39-21-18-36-15-12-33-9-6-30-2)29(41-23-20-38-17-14-35-11-8-32-4)28(25-26)40-22-19-37-16-13-34-10-7-31-3/h24-25H,5-23H2,1-4H3. The van der Waals surface area contributed by atoms with Crippen molar-refractivity contribution >= 4 is 0 Å². The minimum atomic E-state index is 0.320. The van der Waals surface area contributed by atoms with E-state index < -0.39 is 0 Å². The van der Waals surface area contributed by atoms with E-state index in [4.69, 9.17) is 56.8 Å². The van der Waals surface area contributed by atoms with Crippen molar-refractivity contribution in [1.82, 2.24) is 0 Å². The van der Waals surface area contributed by atoms with Crippen LogP contribution in [0.25, 0.3) is 0 Å². The fourth-order valence-corrected chi connectivity index (χ4v) is 3.21. The number of aryl methyl sites for hydroxylation is 1. The Hall–Kier alpha value is -1.74. The molecule has 0 saturated carbocycles. The molecular weight excluding hydrogens is 540 g/mol. The fourth-order valence-electron chi connectivity index (χ4n) is 3.21. The van der Waals surface area contributed by atoms with Crippen molar-refractivity contribution in [3.05, 3.63) is 17.7 Å². The average Bonchev–Trinajstić information content (AvgIpc) is 2.99. The molecule has 240 valence electrons. The summed E-state index contributed by atoms with van der Waals surface area (Å²) in [6, 6.07) is 3.93. The number of benzene rings is 1. The fraction of sp³-hybridized carbons (Fsp3) is 0.793. The maximum absolute atomic E-state index is 6.10. The lowest BCUT2D eigenvalue weighted by Crippen LogP contribution is -2.15. The van der Waals surface area contributed by atoms with E-state index in [2.05, 4.69) is 6.92 Å². The topological polar surface area (TPSA) is 111 Å². The van der Waals surface area contributed by atoms with Crippen molar-refractivity contribution in [1.29, 1.82) is 0 Å². The zero-order valence-corrected chi connectivity index (χ0v) is 25.5. The Balaban J connectivity index is 2.60. The van der Waals surface area contributed by atoms with E-state index in [0.717, 1.165) is 12.0 Å². The Morgan fingerprint density at radius 2 is 0.683 bits per heavy atom. The van der Waals surface area contributed by atoms with Gasteiger partial charge >= 0.3 is 0 Å². The Morgan fingerprint density at radius 1 is 0.390 bits per heavy atom. The van der Waals surface area contributed by atoms with E-state index in [1.807, 2.05) is 12.1 Å². The van der Waals surface area contributed by atoms with Crippen LogP contribution < -0.4 is 14.2 Å². The van der Waals surface area contributed by atoms with Crippen LogP contribution >= 0.6 is 0 Å². The van der Waals surface area contributed by atoms with Gasteiger partial charge in [0.2, 0.25) is 5.75 Å². The summed E-state index contributed by atoms with van der Waals surface area (Å²) in [5.74, 6) is 1.71. The van der Waals surface area contributed by atoms with E-state index in [9.17, 15) is 0 Å². The maximum Gasteiger partial charge on any atom is 0.203 e. The average molecular weight is 593 g/mol. The van der Waals surface area contributed by atoms with Gasteiger partial charge in [0, 0.05) is 21.3 Å². The quantitative estimate of drug-likeness (QED) is 0.118. The summed E-state index contributed by atoms with van der Waals surface area (Å²) in [6.45, 7) is 10.5. The first-order valence-electron chi connectivity index (χ1n) is 14.2. The molecule has 0 aliphatic carbocycles. The van der Waals surface area contributed by atoms with Gasteiger partial charge in [-0.15, -0.1) is 0 Å². The molecule has 0 atom stereocenters. The minimum absolute atomic E-state index is 0.320. The van der Waals surface area contributed by atoms with E-state index in [-0.39, 0.29) is 0 Å². The Morgan fingerprint density at radius 3 is 1.00 bits per heavy atom. The molecule has 12 heteroatoms. The molecule has 0 aromatic heterocycles. The molecule has 0 spiro atoms. The van der Waals surface area contributed by atoms with Crippen LogP contribution in [0.1, 0.15) is 12.5 Å². The lowest BCUT2D eigenvalue weighted by molar-refractivity contribution is 0.0146. The molecule has 1 aromatic rings. The van der Waals surface area contributed by atoms with Gasteiger partial charge in [-0.1, -0.05) is 6.92 Å². The van der Waals surface area contributed by atoms with Crippen molar-refractivity contribution in [3.63, 3.8) is 0 Å². The van der Waals surface area contributed by atoms with Crippen LogP contribution in [0.3, 0.4) is 0 Å². The van der Waals surface area contributed by atoms with Gasteiger partial charge in [-0.2, -0.15) is 0 Å². The summed E-state index contributed by atoms with van der Waals surface area (Å²) in [7, 11) is 4.92. The van der Waals surface area contributed by atoms with Crippen LogP contribution in [-0.4, -0.2) is 140 Å². The molecule has 0 N–H and O–H groups in total. The molecule has 0 saturated heterocycles. The predicted octanol–water partition coefficient (Wildman–Crippen LogP) is 2.42. The molecule has 0 aliphatic rings. The SMILES string of the molecule is CCc1cc(OCCOCCOCCOC)c(OCCOCCOCCOC)c(OCCOCCOCCOC)c1. The van der Waals surface area contributed by atoms with Gasteiger partial charge in [-0.3, -0.25) is 0 Å². The van der Waals surface area contributed by atoms with E-state index in [1.165, 1.54) is 0 Å². The number of rotatable bonds is 31. The Kier molecular flexibility index (Phi) is 25.8. The summed E-state index contributed by atoms with van der Waals surface area (Å²) in [5, 5.41) is 0. The van der Waals surface area contributed by atoms with Gasteiger partial charge in [0.05, 0.1) is 99.1 Å². The van der Waals surface area contributed by atoms with Crippen LogP contribution in [-0.2, 0) is 49.1 Å². The molecule has 0 amide bonds. The van der Waals surface area contributed by atoms with Crippen LogP contribution in [0.5, 0.6) is 17.2 Å². The third-order valence-electron chi connectivity index (χ3n) is 5.34. The summed E-state index contributed by atoms with van der Waals surface area (Å²) < 4.78 is 66.2. The van der Waals surface area contributed by atoms with Crippen LogP contribution in [0.15, 0.2) is 12.1 Å². The maximum atomic E-state index is 6.10. The van der Waals surface area contributed by atoms with Crippen LogP contribution in [0.4, 0.5) is 0 Å². The van der Waals surface area contributed by atoms with E-state index >= 15 is 0 Å². The lowest BCUT2D eigenvalue weighted by Gasteiger charge is -2.19. The van der Waals surface area contributed by atoms with Crippen LogP contribution in [0, 0.1) is 0 Å². The molecule has 1 rings (SSSR count). The first-order chi connectivity index (χ1) is 20.3. The molecule has 1 aromatic carbocycles.